The van der Waals surface area contributed by atoms with Gasteiger partial charge in [0, 0.05) is 35.3 Å². The van der Waals surface area contributed by atoms with Crippen LogP contribution in [0.5, 0.6) is 5.75 Å². The lowest BCUT2D eigenvalue weighted by Gasteiger charge is -2.32. The highest BCUT2D eigenvalue weighted by Crippen LogP contribution is 2.28. The van der Waals surface area contributed by atoms with Gasteiger partial charge in [-0.1, -0.05) is 5.16 Å². The molecule has 0 spiro atoms. The molecule has 0 atom stereocenters. The number of fused-ring (bicyclic) bond motifs is 2. The molecular formula is C23H22ClF2N3O3S. The fourth-order valence-corrected chi connectivity index (χ4v) is 4.76. The topological polar surface area (TPSA) is 71.1 Å². The fraction of sp³-hybridized carbons (Fsp3) is 0.304. The molecule has 5 rings (SSSR count). The summed E-state index contributed by atoms with van der Waals surface area (Å²) in [6, 6.07) is 10.8. The van der Waals surface area contributed by atoms with Crippen molar-refractivity contribution in [3.05, 3.63) is 53.3 Å². The van der Waals surface area contributed by atoms with Crippen LogP contribution in [0.3, 0.4) is 0 Å². The van der Waals surface area contributed by atoms with Crippen molar-refractivity contribution < 1.29 is 23.1 Å². The SMILES string of the molecule is Cl.ON=c1cc(-c2cc3sccc3cn2)oc2ccc(OCCN3CCCC(F)(F)C3)cc12. The maximum absolute atomic E-state index is 13.5. The lowest BCUT2D eigenvalue weighted by atomic mass is 10.1. The highest BCUT2D eigenvalue weighted by molar-refractivity contribution is 7.17. The number of piperidine rings is 1. The Morgan fingerprint density at radius 1 is 1.24 bits per heavy atom. The van der Waals surface area contributed by atoms with Crippen molar-refractivity contribution in [2.45, 2.75) is 18.8 Å². The Morgan fingerprint density at radius 2 is 2.12 bits per heavy atom. The van der Waals surface area contributed by atoms with Gasteiger partial charge < -0.3 is 14.4 Å². The smallest absolute Gasteiger partial charge is 0.260 e. The van der Waals surface area contributed by atoms with E-state index in [1.54, 1.807) is 46.7 Å². The maximum Gasteiger partial charge on any atom is 0.260 e. The van der Waals surface area contributed by atoms with Crippen molar-refractivity contribution in [2.24, 2.45) is 5.16 Å². The number of nitrogens with zero attached hydrogens (tertiary/aromatic N) is 3. The van der Waals surface area contributed by atoms with Gasteiger partial charge in [0.1, 0.15) is 29.0 Å². The molecule has 0 unspecified atom stereocenters. The molecule has 0 radical (unpaired) electrons. The molecule has 174 valence electrons. The number of aromatic nitrogens is 1. The van der Waals surface area contributed by atoms with Crippen molar-refractivity contribution in [3.8, 4) is 17.2 Å². The van der Waals surface area contributed by atoms with Gasteiger partial charge in [0.05, 0.1) is 11.9 Å². The minimum Gasteiger partial charge on any atom is -0.492 e. The minimum absolute atomic E-state index is 0. The van der Waals surface area contributed by atoms with Crippen LogP contribution >= 0.6 is 23.7 Å². The van der Waals surface area contributed by atoms with Crippen molar-refractivity contribution in [2.75, 3.05) is 26.2 Å². The molecule has 1 saturated heterocycles. The van der Waals surface area contributed by atoms with Gasteiger partial charge in [0.15, 0.2) is 5.76 Å². The van der Waals surface area contributed by atoms with Crippen LogP contribution in [-0.2, 0) is 0 Å². The number of ether oxygens (including phenoxy) is 1. The fourth-order valence-electron chi connectivity index (χ4n) is 3.97. The predicted molar refractivity (Wildman–Crippen MR) is 126 cm³/mol. The molecule has 6 nitrogen and oxygen atoms in total. The number of rotatable bonds is 5. The third-order valence-corrected chi connectivity index (χ3v) is 6.44. The van der Waals surface area contributed by atoms with Gasteiger partial charge in [-0.15, -0.1) is 23.7 Å². The van der Waals surface area contributed by atoms with E-state index in [1.165, 1.54) is 0 Å². The summed E-state index contributed by atoms with van der Waals surface area (Å²) >= 11 is 1.61. The van der Waals surface area contributed by atoms with E-state index in [4.69, 9.17) is 9.15 Å². The molecule has 3 aromatic heterocycles. The molecule has 0 bridgehead atoms. The molecule has 4 aromatic rings. The van der Waals surface area contributed by atoms with E-state index in [0.717, 1.165) is 10.1 Å². The summed E-state index contributed by atoms with van der Waals surface area (Å²) in [7, 11) is 0. The van der Waals surface area contributed by atoms with Crippen molar-refractivity contribution in [1.82, 2.24) is 9.88 Å². The van der Waals surface area contributed by atoms with Crippen LogP contribution < -0.4 is 10.1 Å². The average molecular weight is 494 g/mol. The molecule has 10 heteroatoms. The minimum atomic E-state index is -2.62. The third kappa shape index (κ3) is 5.10. The van der Waals surface area contributed by atoms with E-state index < -0.39 is 5.92 Å². The van der Waals surface area contributed by atoms with Crippen molar-refractivity contribution in [1.29, 1.82) is 0 Å². The lowest BCUT2D eigenvalue weighted by Crippen LogP contribution is -2.44. The Morgan fingerprint density at radius 3 is 2.94 bits per heavy atom. The van der Waals surface area contributed by atoms with E-state index >= 15 is 0 Å². The standard InChI is InChI=1S/C23H21F2N3O3S.ClH/c24-23(25)5-1-6-28(14-23)7-8-30-16-2-3-20-17(10-16)18(27-29)11-21(31-20)19-12-22-15(13-26-19)4-9-32-22;/h2-4,9-13,29H,1,5-8,14H2;1H. The molecule has 33 heavy (non-hydrogen) atoms. The second-order valence-electron chi connectivity index (χ2n) is 7.87. The second kappa shape index (κ2) is 9.62. The highest BCUT2D eigenvalue weighted by Gasteiger charge is 2.34. The quantitative estimate of drug-likeness (QED) is 0.292. The second-order valence-corrected chi connectivity index (χ2v) is 8.81. The van der Waals surface area contributed by atoms with Gasteiger partial charge in [0.25, 0.3) is 5.92 Å². The summed E-state index contributed by atoms with van der Waals surface area (Å²) in [5, 5.41) is 17.0. The highest BCUT2D eigenvalue weighted by atomic mass is 35.5. The van der Waals surface area contributed by atoms with E-state index in [2.05, 4.69) is 10.1 Å². The lowest BCUT2D eigenvalue weighted by molar-refractivity contribution is -0.0656. The number of alkyl halides is 2. The van der Waals surface area contributed by atoms with Crippen LogP contribution in [0.25, 0.3) is 32.5 Å². The molecule has 1 fully saturated rings. The number of pyridine rings is 1. The molecule has 1 aromatic carbocycles. The molecule has 1 N–H and O–H groups in total. The van der Waals surface area contributed by atoms with Gasteiger partial charge >= 0.3 is 0 Å². The van der Waals surface area contributed by atoms with Crippen LogP contribution in [0.15, 0.2) is 57.5 Å². The zero-order valence-electron chi connectivity index (χ0n) is 17.5. The molecule has 1 aliphatic heterocycles. The largest absolute Gasteiger partial charge is 0.492 e. The number of halogens is 3. The molecule has 0 amide bonds. The molecule has 0 aliphatic carbocycles. The first-order chi connectivity index (χ1) is 15.5. The Bertz CT molecular complexity index is 1340. The first-order valence-corrected chi connectivity index (χ1v) is 11.2. The molecule has 1 aliphatic rings. The summed E-state index contributed by atoms with van der Waals surface area (Å²) in [6.45, 7) is 1.13. The molecule has 0 saturated carbocycles. The first-order valence-electron chi connectivity index (χ1n) is 10.3. The van der Waals surface area contributed by atoms with E-state index in [1.807, 2.05) is 17.5 Å². The van der Waals surface area contributed by atoms with Crippen LogP contribution in [0, 0.1) is 0 Å². The normalized spacial score (nSPS) is 16.7. The van der Waals surface area contributed by atoms with Gasteiger partial charge in [0.2, 0.25) is 0 Å². The number of thiophene rings is 1. The van der Waals surface area contributed by atoms with E-state index in [-0.39, 0.29) is 32.0 Å². The summed E-state index contributed by atoms with van der Waals surface area (Å²) in [6.07, 6.45) is 2.22. The van der Waals surface area contributed by atoms with Gasteiger partial charge in [-0.05, 0) is 48.7 Å². The van der Waals surface area contributed by atoms with E-state index in [0.29, 0.717) is 53.0 Å². The summed E-state index contributed by atoms with van der Waals surface area (Å²) in [5.41, 5.74) is 1.16. The maximum atomic E-state index is 13.5. The van der Waals surface area contributed by atoms with E-state index in [9.17, 15) is 14.0 Å². The van der Waals surface area contributed by atoms with Crippen molar-refractivity contribution >= 4 is 44.8 Å². The summed E-state index contributed by atoms with van der Waals surface area (Å²) in [5.74, 6) is -1.59. The monoisotopic (exact) mass is 493 g/mol. The van der Waals surface area contributed by atoms with Gasteiger partial charge in [-0.2, -0.15) is 0 Å². The Hall–Kier alpha value is -2.75. The molecule has 4 heterocycles. The Labute approximate surface area is 198 Å². The van der Waals surface area contributed by atoms with Gasteiger partial charge in [-0.3, -0.25) is 9.88 Å². The Balaban J connectivity index is 0.00000259. The number of benzene rings is 1. The van der Waals surface area contributed by atoms with Gasteiger partial charge in [-0.25, -0.2) is 8.78 Å². The number of likely N-dealkylation sites (tertiary alicyclic amines) is 1. The van der Waals surface area contributed by atoms with Crippen LogP contribution in [0.4, 0.5) is 8.78 Å². The molecular weight excluding hydrogens is 472 g/mol. The summed E-state index contributed by atoms with van der Waals surface area (Å²) in [4.78, 5) is 6.17. The van der Waals surface area contributed by atoms with Crippen LogP contribution in [0.2, 0.25) is 0 Å². The zero-order valence-corrected chi connectivity index (χ0v) is 19.2. The zero-order chi connectivity index (χ0) is 22.1. The Kier molecular flexibility index (Phi) is 6.83. The average Bonchev–Trinajstić information content (AvgIpc) is 3.25. The first kappa shape index (κ1) is 23.4. The van der Waals surface area contributed by atoms with Crippen molar-refractivity contribution in [3.63, 3.8) is 0 Å². The summed E-state index contributed by atoms with van der Waals surface area (Å²) < 4.78 is 40.0. The number of hydrogen-bond donors (Lipinski definition) is 1. The van der Waals surface area contributed by atoms with Crippen LogP contribution in [-0.4, -0.2) is 47.3 Å². The third-order valence-electron chi connectivity index (χ3n) is 5.56. The number of hydrogen-bond acceptors (Lipinski definition) is 7. The predicted octanol–water partition coefficient (Wildman–Crippen LogP) is 5.53. The van der Waals surface area contributed by atoms with Crippen LogP contribution in [0.1, 0.15) is 12.8 Å².